The minimum Gasteiger partial charge on any atom is -0.486 e. The number of carbonyl (C=O) groups is 1. The number of anilines is 1. The molecule has 1 saturated heterocycles. The van der Waals surface area contributed by atoms with Gasteiger partial charge in [0.1, 0.15) is 19.3 Å². The van der Waals surface area contributed by atoms with Crippen LogP contribution in [0.4, 0.5) is 5.69 Å². The number of hydrogen-bond donors (Lipinski definition) is 1. The maximum absolute atomic E-state index is 13.0. The zero-order valence-electron chi connectivity index (χ0n) is 19.8. The molecule has 1 unspecified atom stereocenters. The van der Waals surface area contributed by atoms with Gasteiger partial charge in [0.25, 0.3) is 0 Å². The number of rotatable bonds is 8. The van der Waals surface area contributed by atoms with Crippen molar-refractivity contribution >= 4 is 21.6 Å². The van der Waals surface area contributed by atoms with Gasteiger partial charge in [-0.25, -0.2) is 8.42 Å². The first-order chi connectivity index (χ1) is 16.3. The van der Waals surface area contributed by atoms with Crippen molar-refractivity contribution in [3.05, 3.63) is 53.6 Å². The third-order valence-electron chi connectivity index (χ3n) is 6.18. The molecule has 0 aliphatic carbocycles. The Kier molecular flexibility index (Phi) is 7.63. The van der Waals surface area contributed by atoms with Crippen LogP contribution in [0, 0.1) is 0 Å². The van der Waals surface area contributed by atoms with E-state index in [9.17, 15) is 13.2 Å². The minimum absolute atomic E-state index is 0.329. The topological polar surface area (TPSA) is 88.2 Å². The lowest BCUT2D eigenvalue weighted by molar-refractivity contribution is -0.122. The first-order valence-electron chi connectivity index (χ1n) is 11.8. The first kappa shape index (κ1) is 24.3. The number of ether oxygens (including phenoxy) is 2. The van der Waals surface area contributed by atoms with Gasteiger partial charge in [-0.05, 0) is 56.1 Å². The predicted molar refractivity (Wildman–Crippen MR) is 132 cm³/mol. The number of amides is 1. The summed E-state index contributed by atoms with van der Waals surface area (Å²) in [7, 11) is -3.72. The van der Waals surface area contributed by atoms with Crippen LogP contribution in [0.5, 0.6) is 11.5 Å². The Morgan fingerprint density at radius 1 is 1.03 bits per heavy atom. The molecule has 1 fully saturated rings. The molecule has 1 amide bonds. The van der Waals surface area contributed by atoms with Crippen molar-refractivity contribution in [2.24, 2.45) is 0 Å². The van der Waals surface area contributed by atoms with E-state index >= 15 is 0 Å². The van der Waals surface area contributed by atoms with Gasteiger partial charge in [-0.1, -0.05) is 30.7 Å². The molecular weight excluding hydrogens is 454 g/mol. The van der Waals surface area contributed by atoms with E-state index < -0.39 is 16.1 Å². The fourth-order valence-electron chi connectivity index (χ4n) is 4.53. The summed E-state index contributed by atoms with van der Waals surface area (Å²) in [6.45, 7) is 5.90. The Labute approximate surface area is 201 Å². The Balaban J connectivity index is 1.43. The summed E-state index contributed by atoms with van der Waals surface area (Å²) in [4.78, 5) is 15.4. The maximum Gasteiger partial charge on any atom is 0.243 e. The number of hydrogen-bond acceptors (Lipinski definition) is 6. The third kappa shape index (κ3) is 6.01. The van der Waals surface area contributed by atoms with E-state index in [1.165, 1.54) is 24.8 Å². The number of fused-ring (bicyclic) bond motifs is 1. The molecule has 0 radical (unpaired) electrons. The van der Waals surface area contributed by atoms with Crippen LogP contribution in [0.25, 0.3) is 0 Å². The van der Waals surface area contributed by atoms with E-state index in [1.807, 2.05) is 12.1 Å². The number of sulfonamides is 1. The van der Waals surface area contributed by atoms with Gasteiger partial charge >= 0.3 is 0 Å². The first-order valence-corrected chi connectivity index (χ1v) is 13.6. The van der Waals surface area contributed by atoms with Gasteiger partial charge in [0.2, 0.25) is 15.9 Å². The fourth-order valence-corrected chi connectivity index (χ4v) is 5.70. The summed E-state index contributed by atoms with van der Waals surface area (Å²) in [6, 6.07) is 12.1. The van der Waals surface area contributed by atoms with E-state index in [0.29, 0.717) is 36.9 Å². The van der Waals surface area contributed by atoms with Crippen molar-refractivity contribution in [1.82, 2.24) is 10.2 Å². The van der Waals surface area contributed by atoms with Crippen molar-refractivity contribution in [1.29, 1.82) is 0 Å². The zero-order valence-corrected chi connectivity index (χ0v) is 20.6. The lowest BCUT2D eigenvalue weighted by Gasteiger charge is -2.29. The van der Waals surface area contributed by atoms with Gasteiger partial charge in [0.05, 0.1) is 11.9 Å². The Morgan fingerprint density at radius 3 is 2.47 bits per heavy atom. The van der Waals surface area contributed by atoms with Crippen molar-refractivity contribution in [2.45, 2.75) is 45.3 Å². The molecule has 0 bridgehead atoms. The van der Waals surface area contributed by atoms with Gasteiger partial charge in [-0.3, -0.25) is 14.0 Å². The highest BCUT2D eigenvalue weighted by atomic mass is 32.2. The smallest absolute Gasteiger partial charge is 0.243 e. The van der Waals surface area contributed by atoms with E-state index in [-0.39, 0.29) is 5.91 Å². The van der Waals surface area contributed by atoms with Crippen molar-refractivity contribution < 1.29 is 22.7 Å². The number of nitrogens with one attached hydrogen (secondary N) is 1. The number of piperidine rings is 1. The van der Waals surface area contributed by atoms with E-state index in [2.05, 4.69) is 22.3 Å². The molecule has 2 aromatic carbocycles. The lowest BCUT2D eigenvalue weighted by Crippen LogP contribution is -2.47. The van der Waals surface area contributed by atoms with Gasteiger partial charge in [0, 0.05) is 19.2 Å². The van der Waals surface area contributed by atoms with Crippen LogP contribution in [-0.4, -0.2) is 57.8 Å². The van der Waals surface area contributed by atoms with Crippen LogP contribution in [0.2, 0.25) is 0 Å². The van der Waals surface area contributed by atoms with E-state index in [0.717, 1.165) is 35.8 Å². The molecule has 1 atom stereocenters. The summed E-state index contributed by atoms with van der Waals surface area (Å²) >= 11 is 0. The summed E-state index contributed by atoms with van der Waals surface area (Å²) in [5.74, 6) is 0.655. The average molecular weight is 488 g/mol. The maximum atomic E-state index is 13.0. The van der Waals surface area contributed by atoms with Crippen LogP contribution in [0.3, 0.4) is 0 Å². The van der Waals surface area contributed by atoms with Gasteiger partial charge < -0.3 is 14.8 Å². The second kappa shape index (κ2) is 10.7. The molecule has 4 rings (SSSR count). The molecule has 0 saturated carbocycles. The molecule has 2 aliphatic heterocycles. The van der Waals surface area contributed by atoms with Crippen LogP contribution in [0.1, 0.15) is 37.3 Å². The number of carbonyl (C=O) groups excluding carboxylic acids is 1. The quantitative estimate of drug-likeness (QED) is 0.616. The number of nitrogens with zero attached hydrogens (tertiary/aromatic N) is 2. The van der Waals surface area contributed by atoms with Crippen LogP contribution < -0.4 is 19.1 Å². The van der Waals surface area contributed by atoms with Crippen LogP contribution >= 0.6 is 0 Å². The summed E-state index contributed by atoms with van der Waals surface area (Å²) < 4.78 is 37.5. The molecule has 9 heteroatoms. The SMILES string of the molecule is CC(C(=O)NCc1cccc(CN2CCCCC2)c1)N(c1ccc2c(c1)OCCO2)S(C)(=O)=O. The summed E-state index contributed by atoms with van der Waals surface area (Å²) in [6.07, 6.45) is 4.89. The highest BCUT2D eigenvalue weighted by Gasteiger charge is 2.30. The highest BCUT2D eigenvalue weighted by Crippen LogP contribution is 2.35. The molecule has 8 nitrogen and oxygen atoms in total. The molecule has 0 spiro atoms. The minimum atomic E-state index is -3.72. The molecule has 34 heavy (non-hydrogen) atoms. The Morgan fingerprint density at radius 2 is 1.74 bits per heavy atom. The summed E-state index contributed by atoms with van der Waals surface area (Å²) in [5.41, 5.74) is 2.56. The fraction of sp³-hybridized carbons (Fsp3) is 0.480. The Hall–Kier alpha value is -2.78. The second-order valence-electron chi connectivity index (χ2n) is 8.94. The van der Waals surface area contributed by atoms with Crippen molar-refractivity contribution in [2.75, 3.05) is 36.9 Å². The molecule has 0 aromatic heterocycles. The molecule has 2 aliphatic rings. The van der Waals surface area contributed by atoms with Gasteiger partial charge in [-0.15, -0.1) is 0 Å². The number of benzene rings is 2. The van der Waals surface area contributed by atoms with E-state index in [4.69, 9.17) is 9.47 Å². The molecule has 2 heterocycles. The zero-order chi connectivity index (χ0) is 24.1. The predicted octanol–water partition coefficient (Wildman–Crippen LogP) is 2.91. The molecule has 184 valence electrons. The standard InChI is InChI=1S/C25H33N3O5S/c1-19(28(34(2,30)31)22-9-10-23-24(16-22)33-14-13-32-23)25(29)26-17-20-7-6-8-21(15-20)18-27-11-4-3-5-12-27/h6-10,15-16,19H,3-5,11-14,17-18H2,1-2H3,(H,26,29). The largest absolute Gasteiger partial charge is 0.486 e. The van der Waals surface area contributed by atoms with Gasteiger partial charge in [-0.2, -0.15) is 0 Å². The van der Waals surface area contributed by atoms with Crippen molar-refractivity contribution in [3.8, 4) is 11.5 Å². The van der Waals surface area contributed by atoms with E-state index in [1.54, 1.807) is 25.1 Å². The molecular formula is C25H33N3O5S. The number of likely N-dealkylation sites (tertiary alicyclic amines) is 1. The average Bonchev–Trinajstić information content (AvgIpc) is 2.82. The van der Waals surface area contributed by atoms with Crippen LogP contribution in [0.15, 0.2) is 42.5 Å². The molecule has 1 N–H and O–H groups in total. The Bertz CT molecular complexity index is 1120. The summed E-state index contributed by atoms with van der Waals surface area (Å²) in [5, 5.41) is 2.90. The second-order valence-corrected chi connectivity index (χ2v) is 10.8. The van der Waals surface area contributed by atoms with Gasteiger partial charge in [0.15, 0.2) is 11.5 Å². The van der Waals surface area contributed by atoms with Crippen molar-refractivity contribution in [3.63, 3.8) is 0 Å². The third-order valence-corrected chi connectivity index (χ3v) is 7.42. The lowest BCUT2D eigenvalue weighted by atomic mass is 10.1. The van der Waals surface area contributed by atoms with Crippen LogP contribution in [-0.2, 0) is 27.9 Å². The monoisotopic (exact) mass is 487 g/mol. The molecule has 2 aromatic rings. The highest BCUT2D eigenvalue weighted by molar-refractivity contribution is 7.92. The normalized spacial score (nSPS) is 17.1.